The highest BCUT2D eigenvalue weighted by atomic mass is 19.1. The van der Waals surface area contributed by atoms with Crippen molar-refractivity contribution in [3.63, 3.8) is 0 Å². The van der Waals surface area contributed by atoms with Gasteiger partial charge in [0.05, 0.1) is 5.69 Å². The first-order valence-corrected chi connectivity index (χ1v) is 10.1. The number of nitrogens with zero attached hydrogens (tertiary/aromatic N) is 2. The van der Waals surface area contributed by atoms with Gasteiger partial charge in [-0.25, -0.2) is 4.39 Å². The average Bonchev–Trinajstić information content (AvgIpc) is 3.08. The molecule has 3 nitrogen and oxygen atoms in total. The van der Waals surface area contributed by atoms with Crippen LogP contribution >= 0.6 is 0 Å². The summed E-state index contributed by atoms with van der Waals surface area (Å²) in [5.41, 5.74) is 3.60. The smallest absolute Gasteiger partial charge is 0.146 e. The van der Waals surface area contributed by atoms with Crippen molar-refractivity contribution in [3.8, 4) is 0 Å². The van der Waals surface area contributed by atoms with Crippen LogP contribution in [0.3, 0.4) is 0 Å². The molecule has 0 aliphatic carbocycles. The maximum atomic E-state index is 13.9. The molecule has 0 saturated carbocycles. The predicted molar refractivity (Wildman–Crippen MR) is 105 cm³/mol. The summed E-state index contributed by atoms with van der Waals surface area (Å²) in [4.78, 5) is 1.95. The Morgan fingerprint density at radius 1 is 0.920 bits per heavy atom. The van der Waals surface area contributed by atoms with Crippen LogP contribution in [0.15, 0.2) is 29.4 Å². The van der Waals surface area contributed by atoms with Crippen LogP contribution in [-0.4, -0.2) is 12.5 Å². The quantitative estimate of drug-likeness (QED) is 0.430. The van der Waals surface area contributed by atoms with Crippen LogP contribution in [0, 0.1) is 5.82 Å². The largest absolute Gasteiger partial charge is 0.306 e. The number of para-hydroxylation sites is 1. The number of rotatable bonds is 13. The summed E-state index contributed by atoms with van der Waals surface area (Å²) in [5.74, 6) is 0.777. The Hall–Kier alpha value is -1.58. The molecule has 0 spiro atoms. The first-order chi connectivity index (χ1) is 12.3. The Kier molecular flexibility index (Phi) is 9.38. The van der Waals surface area contributed by atoms with Crippen molar-refractivity contribution in [1.82, 2.24) is 5.43 Å². The van der Waals surface area contributed by atoms with Crippen molar-refractivity contribution in [2.45, 2.75) is 84.0 Å². The molecule has 0 fully saturated rings. The highest BCUT2D eigenvalue weighted by Gasteiger charge is 2.20. The summed E-state index contributed by atoms with van der Waals surface area (Å²) in [5, 5.41) is 4.34. The average molecular weight is 348 g/mol. The molecule has 1 aromatic carbocycles. The topological polar surface area (TPSA) is 27.6 Å². The van der Waals surface area contributed by atoms with Crippen LogP contribution in [0.5, 0.6) is 0 Å². The Morgan fingerprint density at radius 2 is 1.52 bits per heavy atom. The van der Waals surface area contributed by atoms with Crippen molar-refractivity contribution in [3.05, 3.63) is 30.1 Å². The maximum absolute atomic E-state index is 13.9. The van der Waals surface area contributed by atoms with Gasteiger partial charge in [-0.3, -0.25) is 5.43 Å². The van der Waals surface area contributed by atoms with Gasteiger partial charge in [0.2, 0.25) is 0 Å². The van der Waals surface area contributed by atoms with Crippen LogP contribution in [0.4, 0.5) is 10.1 Å². The molecule has 1 aliphatic rings. The van der Waals surface area contributed by atoms with Gasteiger partial charge in [0.1, 0.15) is 18.3 Å². The van der Waals surface area contributed by atoms with Gasteiger partial charge in [0, 0.05) is 6.42 Å². The van der Waals surface area contributed by atoms with E-state index in [0.717, 1.165) is 18.7 Å². The molecule has 25 heavy (non-hydrogen) atoms. The van der Waals surface area contributed by atoms with Crippen LogP contribution in [0.2, 0.25) is 0 Å². The van der Waals surface area contributed by atoms with Crippen molar-refractivity contribution in [2.24, 2.45) is 5.10 Å². The van der Waals surface area contributed by atoms with E-state index < -0.39 is 0 Å². The number of benzene rings is 1. The third kappa shape index (κ3) is 7.05. The van der Waals surface area contributed by atoms with Gasteiger partial charge in [-0.05, 0) is 18.6 Å². The van der Waals surface area contributed by atoms with Crippen LogP contribution < -0.4 is 10.3 Å². The number of nitrogens with one attached hydrogen (secondary N) is 1. The van der Waals surface area contributed by atoms with E-state index in [2.05, 4.69) is 17.5 Å². The van der Waals surface area contributed by atoms with E-state index in [9.17, 15) is 4.39 Å². The lowest BCUT2D eigenvalue weighted by atomic mass is 10.0. The number of hydrogen-bond donors (Lipinski definition) is 1. The van der Waals surface area contributed by atoms with E-state index in [-0.39, 0.29) is 5.82 Å². The Balaban J connectivity index is 1.54. The third-order valence-electron chi connectivity index (χ3n) is 4.90. The van der Waals surface area contributed by atoms with E-state index in [1.54, 1.807) is 6.07 Å². The van der Waals surface area contributed by atoms with E-state index in [4.69, 9.17) is 0 Å². The fourth-order valence-electron chi connectivity index (χ4n) is 3.38. The summed E-state index contributed by atoms with van der Waals surface area (Å²) in [6, 6.07) is 6.92. The van der Waals surface area contributed by atoms with Crippen molar-refractivity contribution in [2.75, 3.05) is 11.6 Å². The molecule has 4 heteroatoms. The van der Waals surface area contributed by atoms with Crippen molar-refractivity contribution < 1.29 is 4.39 Å². The lowest BCUT2D eigenvalue weighted by molar-refractivity contribution is 0.551. The molecular weight excluding hydrogens is 313 g/mol. The van der Waals surface area contributed by atoms with E-state index in [1.165, 1.54) is 70.3 Å². The zero-order chi connectivity index (χ0) is 17.7. The minimum absolute atomic E-state index is 0.183. The molecule has 0 saturated heterocycles. The summed E-state index contributed by atoms with van der Waals surface area (Å²) in [6.07, 6.45) is 15.6. The second kappa shape index (κ2) is 11.9. The fourth-order valence-corrected chi connectivity index (χ4v) is 3.38. The van der Waals surface area contributed by atoms with Gasteiger partial charge >= 0.3 is 0 Å². The van der Waals surface area contributed by atoms with E-state index in [1.807, 2.05) is 17.0 Å². The number of amidine groups is 1. The third-order valence-corrected chi connectivity index (χ3v) is 4.90. The molecular formula is C21H34FN3. The molecule has 140 valence electrons. The highest BCUT2D eigenvalue weighted by molar-refractivity contribution is 5.98. The Morgan fingerprint density at radius 3 is 2.16 bits per heavy atom. The summed E-state index contributed by atoms with van der Waals surface area (Å²) < 4.78 is 13.9. The van der Waals surface area contributed by atoms with Crippen LogP contribution in [-0.2, 0) is 0 Å². The minimum Gasteiger partial charge on any atom is -0.306 e. The van der Waals surface area contributed by atoms with Crippen molar-refractivity contribution in [1.29, 1.82) is 0 Å². The van der Waals surface area contributed by atoms with Gasteiger partial charge in [-0.2, -0.15) is 5.10 Å². The molecule has 0 amide bonds. The summed E-state index contributed by atoms with van der Waals surface area (Å²) >= 11 is 0. The first kappa shape index (κ1) is 19.7. The Bertz CT molecular complexity index is 516. The van der Waals surface area contributed by atoms with E-state index >= 15 is 0 Å². The second-order valence-corrected chi connectivity index (χ2v) is 7.01. The lowest BCUT2D eigenvalue weighted by Crippen LogP contribution is -2.29. The van der Waals surface area contributed by atoms with Gasteiger partial charge < -0.3 is 4.90 Å². The molecule has 0 unspecified atom stereocenters. The molecule has 1 aliphatic heterocycles. The highest BCUT2D eigenvalue weighted by Crippen LogP contribution is 2.22. The van der Waals surface area contributed by atoms with Gasteiger partial charge in [-0.15, -0.1) is 0 Å². The molecule has 1 N–H and O–H groups in total. The summed E-state index contributed by atoms with van der Waals surface area (Å²) in [6.45, 7) is 2.83. The molecule has 0 radical (unpaired) electrons. The monoisotopic (exact) mass is 347 g/mol. The van der Waals surface area contributed by atoms with Gasteiger partial charge in [0.15, 0.2) is 0 Å². The number of anilines is 1. The number of hydrogen-bond acceptors (Lipinski definition) is 3. The maximum Gasteiger partial charge on any atom is 0.146 e. The minimum atomic E-state index is -0.183. The SMILES string of the molecule is CCCCCCCCCCCCCC1=NNCN1c1ccccc1F. The molecule has 0 atom stereocenters. The van der Waals surface area contributed by atoms with Crippen LogP contribution in [0.25, 0.3) is 0 Å². The standard InChI is InChI=1S/C21H34FN3/c1-2-3-4-5-6-7-8-9-10-11-12-17-21-24-23-18-25(21)20-16-14-13-15-19(20)22/h13-16,23H,2-12,17-18H2,1H3. The zero-order valence-electron chi connectivity index (χ0n) is 15.8. The molecule has 0 aromatic heterocycles. The molecule has 0 bridgehead atoms. The van der Waals surface area contributed by atoms with Crippen LogP contribution in [0.1, 0.15) is 84.0 Å². The van der Waals surface area contributed by atoms with Gasteiger partial charge in [-0.1, -0.05) is 83.3 Å². The number of hydrazone groups is 1. The first-order valence-electron chi connectivity index (χ1n) is 10.1. The fraction of sp³-hybridized carbons (Fsp3) is 0.667. The normalized spacial score (nSPS) is 13.8. The number of unbranched alkanes of at least 4 members (excludes halogenated alkanes) is 10. The zero-order valence-corrected chi connectivity index (χ0v) is 15.8. The lowest BCUT2D eigenvalue weighted by Gasteiger charge is -2.19. The van der Waals surface area contributed by atoms with Gasteiger partial charge in [0.25, 0.3) is 0 Å². The summed E-state index contributed by atoms with van der Waals surface area (Å²) in [7, 11) is 0. The molecule has 2 rings (SSSR count). The van der Waals surface area contributed by atoms with Crippen molar-refractivity contribution >= 4 is 11.5 Å². The Labute approximate surface area is 152 Å². The van der Waals surface area contributed by atoms with E-state index in [0.29, 0.717) is 12.4 Å². The number of halogens is 1. The molecule has 1 aromatic rings. The predicted octanol–water partition coefficient (Wildman–Crippen LogP) is 6.21. The second-order valence-electron chi connectivity index (χ2n) is 7.01. The molecule has 1 heterocycles.